The molecule has 0 saturated carbocycles. The van der Waals surface area contributed by atoms with E-state index in [9.17, 15) is 9.59 Å². The average Bonchev–Trinajstić information content (AvgIpc) is 3.11. The molecule has 1 aromatic heterocycles. The summed E-state index contributed by atoms with van der Waals surface area (Å²) in [6, 6.07) is 7.54. The smallest absolute Gasteiger partial charge is 0.253 e. The maximum Gasteiger partial charge on any atom is 0.253 e. The van der Waals surface area contributed by atoms with Gasteiger partial charge in [0.2, 0.25) is 11.9 Å². The normalized spacial score (nSPS) is 16.7. The number of carbonyl (C=O) groups is 2. The molecule has 2 aliphatic heterocycles. The van der Waals surface area contributed by atoms with Crippen LogP contribution in [-0.2, 0) is 11.2 Å². The summed E-state index contributed by atoms with van der Waals surface area (Å²) in [5, 5.41) is 3.20. The first-order valence-corrected chi connectivity index (χ1v) is 11.0. The minimum absolute atomic E-state index is 0.0627. The van der Waals surface area contributed by atoms with Crippen LogP contribution in [0.5, 0.6) is 0 Å². The SMILES string of the molecule is CCC(CC)N1C(=O)Cc2cnc(Nc3ccc(C(=O)N4CCN(C)CC4)cc3)nc21. The number of carbonyl (C=O) groups excluding carboxylic acids is 2. The van der Waals surface area contributed by atoms with Crippen molar-refractivity contribution < 1.29 is 9.59 Å². The Labute approximate surface area is 183 Å². The van der Waals surface area contributed by atoms with E-state index in [-0.39, 0.29) is 17.9 Å². The maximum atomic E-state index is 12.7. The topological polar surface area (TPSA) is 81.7 Å². The zero-order chi connectivity index (χ0) is 22.0. The number of nitrogens with zero attached hydrogens (tertiary/aromatic N) is 5. The van der Waals surface area contributed by atoms with Gasteiger partial charge in [0.1, 0.15) is 5.82 Å². The number of aromatic nitrogens is 2. The molecule has 0 radical (unpaired) electrons. The van der Waals surface area contributed by atoms with Crippen LogP contribution in [0, 0.1) is 0 Å². The predicted octanol–water partition coefficient (Wildman–Crippen LogP) is 2.69. The van der Waals surface area contributed by atoms with E-state index in [2.05, 4.69) is 41.1 Å². The van der Waals surface area contributed by atoms with Gasteiger partial charge >= 0.3 is 0 Å². The Bertz CT molecular complexity index is 949. The second-order valence-electron chi connectivity index (χ2n) is 8.25. The first-order chi connectivity index (χ1) is 15.0. The Balaban J connectivity index is 1.47. The van der Waals surface area contributed by atoms with Crippen molar-refractivity contribution >= 4 is 29.3 Å². The maximum absolute atomic E-state index is 12.7. The van der Waals surface area contributed by atoms with Gasteiger partial charge in [-0.25, -0.2) is 4.98 Å². The first-order valence-electron chi connectivity index (χ1n) is 11.0. The van der Waals surface area contributed by atoms with Gasteiger partial charge < -0.3 is 15.1 Å². The fourth-order valence-corrected chi connectivity index (χ4v) is 4.21. The highest BCUT2D eigenvalue weighted by Crippen LogP contribution is 2.31. The van der Waals surface area contributed by atoms with Gasteiger partial charge in [-0.1, -0.05) is 13.8 Å². The van der Waals surface area contributed by atoms with E-state index in [0.29, 0.717) is 23.8 Å². The first kappa shape index (κ1) is 21.2. The molecule has 0 aliphatic carbocycles. The molecule has 1 aromatic carbocycles. The third kappa shape index (κ3) is 4.39. The largest absolute Gasteiger partial charge is 0.336 e. The van der Waals surface area contributed by atoms with E-state index < -0.39 is 0 Å². The number of hydrogen-bond acceptors (Lipinski definition) is 6. The summed E-state index contributed by atoms with van der Waals surface area (Å²) in [6.45, 7) is 7.48. The van der Waals surface area contributed by atoms with Gasteiger partial charge in [-0.2, -0.15) is 4.98 Å². The van der Waals surface area contributed by atoms with E-state index in [1.807, 2.05) is 34.1 Å². The molecule has 1 N–H and O–H groups in total. The van der Waals surface area contributed by atoms with Crippen LogP contribution in [0.4, 0.5) is 17.5 Å². The molecule has 8 heteroatoms. The molecule has 8 nitrogen and oxygen atoms in total. The molecular weight excluding hydrogens is 392 g/mol. The predicted molar refractivity (Wildman–Crippen MR) is 121 cm³/mol. The fraction of sp³-hybridized carbons (Fsp3) is 0.478. The third-order valence-corrected chi connectivity index (χ3v) is 6.17. The molecule has 2 aromatic rings. The summed E-state index contributed by atoms with van der Waals surface area (Å²) in [7, 11) is 2.07. The summed E-state index contributed by atoms with van der Waals surface area (Å²) in [5.74, 6) is 1.30. The van der Waals surface area contributed by atoms with Crippen LogP contribution in [0.15, 0.2) is 30.5 Å². The van der Waals surface area contributed by atoms with E-state index in [1.165, 1.54) is 0 Å². The average molecular weight is 423 g/mol. The minimum atomic E-state index is 0.0627. The van der Waals surface area contributed by atoms with E-state index in [1.54, 1.807) is 6.20 Å². The van der Waals surface area contributed by atoms with Gasteiger partial charge in [0.25, 0.3) is 5.91 Å². The molecule has 164 valence electrons. The van der Waals surface area contributed by atoms with Gasteiger partial charge in [0.05, 0.1) is 6.42 Å². The lowest BCUT2D eigenvalue weighted by atomic mass is 10.1. The molecule has 1 saturated heterocycles. The van der Waals surface area contributed by atoms with Crippen molar-refractivity contribution in [3.05, 3.63) is 41.6 Å². The van der Waals surface area contributed by atoms with Crippen LogP contribution >= 0.6 is 0 Å². The van der Waals surface area contributed by atoms with Crippen LogP contribution in [0.1, 0.15) is 42.6 Å². The van der Waals surface area contributed by atoms with Crippen molar-refractivity contribution in [2.75, 3.05) is 43.4 Å². The van der Waals surface area contributed by atoms with Crippen molar-refractivity contribution in [3.8, 4) is 0 Å². The molecule has 0 spiro atoms. The minimum Gasteiger partial charge on any atom is -0.336 e. The van der Waals surface area contributed by atoms with Gasteiger partial charge in [0.15, 0.2) is 0 Å². The molecule has 31 heavy (non-hydrogen) atoms. The second kappa shape index (κ2) is 9.01. The Hall–Kier alpha value is -3.00. The molecule has 4 rings (SSSR count). The quantitative estimate of drug-likeness (QED) is 0.771. The zero-order valence-corrected chi connectivity index (χ0v) is 18.5. The Kier molecular flexibility index (Phi) is 6.18. The molecule has 3 heterocycles. The standard InChI is InChI=1S/C23H30N6O2/c1-4-19(5-2)29-20(30)14-17-15-24-23(26-21(17)29)25-18-8-6-16(7-9-18)22(31)28-12-10-27(3)11-13-28/h6-9,15,19H,4-5,10-14H2,1-3H3,(H,24,25,26). The number of nitrogens with one attached hydrogen (secondary N) is 1. The Morgan fingerprint density at radius 3 is 2.42 bits per heavy atom. The van der Waals surface area contributed by atoms with Crippen molar-refractivity contribution in [1.82, 2.24) is 19.8 Å². The van der Waals surface area contributed by atoms with E-state index >= 15 is 0 Å². The van der Waals surface area contributed by atoms with Crippen LogP contribution in [0.25, 0.3) is 0 Å². The summed E-state index contributed by atoms with van der Waals surface area (Å²) < 4.78 is 0. The lowest BCUT2D eigenvalue weighted by molar-refractivity contribution is -0.117. The second-order valence-corrected chi connectivity index (χ2v) is 8.25. The van der Waals surface area contributed by atoms with Gasteiger partial charge in [-0.05, 0) is 44.2 Å². The van der Waals surface area contributed by atoms with Crippen LogP contribution < -0.4 is 10.2 Å². The number of amides is 2. The highest BCUT2D eigenvalue weighted by Gasteiger charge is 2.33. The van der Waals surface area contributed by atoms with Crippen LogP contribution in [0.2, 0.25) is 0 Å². The van der Waals surface area contributed by atoms with Gasteiger partial charge in [0, 0.05) is 55.2 Å². The summed E-state index contributed by atoms with van der Waals surface area (Å²) in [5.41, 5.74) is 2.35. The number of rotatable bonds is 6. The molecule has 2 amide bonds. The lowest BCUT2D eigenvalue weighted by Gasteiger charge is -2.32. The van der Waals surface area contributed by atoms with Gasteiger partial charge in [-0.3, -0.25) is 14.5 Å². The van der Waals surface area contributed by atoms with E-state index in [4.69, 9.17) is 0 Å². The van der Waals surface area contributed by atoms with Crippen molar-refractivity contribution in [2.24, 2.45) is 0 Å². The Morgan fingerprint density at radius 2 is 1.77 bits per heavy atom. The van der Waals surface area contributed by atoms with E-state index in [0.717, 1.165) is 50.3 Å². The highest BCUT2D eigenvalue weighted by molar-refractivity contribution is 6.00. The molecular formula is C23H30N6O2. The van der Waals surface area contributed by atoms with Crippen molar-refractivity contribution in [1.29, 1.82) is 0 Å². The molecule has 2 aliphatic rings. The number of benzene rings is 1. The number of piperazine rings is 1. The summed E-state index contributed by atoms with van der Waals surface area (Å²) in [4.78, 5) is 40.2. The fourth-order valence-electron chi connectivity index (χ4n) is 4.21. The highest BCUT2D eigenvalue weighted by atomic mass is 16.2. The lowest BCUT2D eigenvalue weighted by Crippen LogP contribution is -2.47. The van der Waals surface area contributed by atoms with Crippen molar-refractivity contribution in [2.45, 2.75) is 39.2 Å². The number of anilines is 3. The monoisotopic (exact) mass is 422 g/mol. The molecule has 1 fully saturated rings. The Morgan fingerprint density at radius 1 is 1.10 bits per heavy atom. The summed E-state index contributed by atoms with van der Waals surface area (Å²) >= 11 is 0. The zero-order valence-electron chi connectivity index (χ0n) is 18.5. The summed E-state index contributed by atoms with van der Waals surface area (Å²) in [6.07, 6.45) is 3.86. The number of fused-ring (bicyclic) bond motifs is 1. The molecule has 0 bridgehead atoms. The number of hydrogen-bond donors (Lipinski definition) is 1. The van der Waals surface area contributed by atoms with Gasteiger partial charge in [-0.15, -0.1) is 0 Å². The molecule has 0 atom stereocenters. The number of likely N-dealkylation sites (N-methyl/N-ethyl adjacent to an activating group) is 1. The molecule has 0 unspecified atom stereocenters. The van der Waals surface area contributed by atoms with Crippen molar-refractivity contribution in [3.63, 3.8) is 0 Å². The van der Waals surface area contributed by atoms with Crippen LogP contribution in [-0.4, -0.2) is 70.9 Å². The third-order valence-electron chi connectivity index (χ3n) is 6.17. The van der Waals surface area contributed by atoms with Crippen LogP contribution in [0.3, 0.4) is 0 Å².